The average molecular weight is 276 g/mol. The number of nitrogens with zero attached hydrogens (tertiary/aromatic N) is 2. The molecule has 2 unspecified atom stereocenters. The van der Waals surface area contributed by atoms with E-state index in [-0.39, 0.29) is 0 Å². The number of methoxy groups -OCH3 is 1. The molecule has 1 aliphatic rings. The van der Waals surface area contributed by atoms with Gasteiger partial charge < -0.3 is 9.47 Å². The molecule has 1 aromatic heterocycles. The molecular weight excluding hydrogens is 264 g/mol. The highest BCUT2D eigenvalue weighted by Crippen LogP contribution is 2.34. The minimum Gasteiger partial charge on any atom is -0.468 e. The summed E-state index contributed by atoms with van der Waals surface area (Å²) in [6.07, 6.45) is -0.482. The molecule has 6 heteroatoms. The van der Waals surface area contributed by atoms with E-state index in [4.69, 9.17) is 9.47 Å². The van der Waals surface area contributed by atoms with E-state index in [9.17, 15) is 4.79 Å². The Hall–Kier alpha value is -1.95. The molecule has 0 N–H and O–H groups in total. The molecule has 1 aromatic carbocycles. The van der Waals surface area contributed by atoms with Gasteiger partial charge in [0.05, 0.1) is 17.3 Å². The lowest BCUT2D eigenvalue weighted by atomic mass is 10.2. The Balaban J connectivity index is 1.98. The first-order chi connectivity index (χ1) is 9.19. The Bertz CT molecular complexity index is 632. The lowest BCUT2D eigenvalue weighted by molar-refractivity contribution is -0.143. The third kappa shape index (κ3) is 2.08. The van der Waals surface area contributed by atoms with Crippen molar-refractivity contribution in [3.63, 3.8) is 0 Å². The molecule has 1 aliphatic heterocycles. The Morgan fingerprint density at radius 3 is 2.95 bits per heavy atom. The van der Waals surface area contributed by atoms with E-state index < -0.39 is 18.1 Å². The van der Waals surface area contributed by atoms with Crippen LogP contribution in [-0.4, -0.2) is 30.0 Å². The van der Waals surface area contributed by atoms with Gasteiger partial charge in [0.1, 0.15) is 5.01 Å². The second kappa shape index (κ2) is 4.62. The van der Waals surface area contributed by atoms with Gasteiger partial charge in [0.15, 0.2) is 18.0 Å². The van der Waals surface area contributed by atoms with Crippen LogP contribution in [0.2, 0.25) is 0 Å². The maximum absolute atomic E-state index is 11.7. The number of benzene rings is 1. The van der Waals surface area contributed by atoms with E-state index in [1.165, 1.54) is 18.4 Å². The zero-order valence-corrected chi connectivity index (χ0v) is 11.3. The molecule has 2 heterocycles. The summed E-state index contributed by atoms with van der Waals surface area (Å²) in [5, 5.41) is 0.747. The highest BCUT2D eigenvalue weighted by molar-refractivity contribution is 7.18. The van der Waals surface area contributed by atoms with Crippen molar-refractivity contribution in [2.45, 2.75) is 19.1 Å². The van der Waals surface area contributed by atoms with Gasteiger partial charge in [-0.05, 0) is 12.1 Å². The molecule has 2 atom stereocenters. The summed E-state index contributed by atoms with van der Waals surface area (Å²) in [5.41, 5.74) is 0.902. The summed E-state index contributed by atoms with van der Waals surface area (Å²) >= 11 is 1.51. The summed E-state index contributed by atoms with van der Waals surface area (Å²) in [7, 11) is 1.35. The monoisotopic (exact) mass is 276 g/mol. The number of thiazole rings is 1. The van der Waals surface area contributed by atoms with Crippen molar-refractivity contribution in [1.29, 1.82) is 0 Å². The Morgan fingerprint density at radius 2 is 2.21 bits per heavy atom. The molecule has 0 aliphatic carbocycles. The molecule has 5 nitrogen and oxygen atoms in total. The van der Waals surface area contributed by atoms with Gasteiger partial charge in [-0.3, -0.25) is 0 Å². The van der Waals surface area contributed by atoms with Crippen molar-refractivity contribution in [2.75, 3.05) is 7.11 Å². The van der Waals surface area contributed by atoms with Crippen LogP contribution in [0.5, 0.6) is 0 Å². The van der Waals surface area contributed by atoms with Crippen LogP contribution in [0.15, 0.2) is 29.3 Å². The predicted molar refractivity (Wildman–Crippen MR) is 72.4 cm³/mol. The van der Waals surface area contributed by atoms with Crippen LogP contribution >= 0.6 is 11.3 Å². The number of carbonyl (C=O) groups is 1. The summed E-state index contributed by atoms with van der Waals surface area (Å²) in [6.45, 7) is 1.73. The first kappa shape index (κ1) is 12.1. The summed E-state index contributed by atoms with van der Waals surface area (Å²) in [5.74, 6) is 0.0840. The van der Waals surface area contributed by atoms with E-state index in [1.807, 2.05) is 24.3 Å². The van der Waals surface area contributed by atoms with Crippen LogP contribution in [0.4, 0.5) is 0 Å². The van der Waals surface area contributed by atoms with Gasteiger partial charge in [0.2, 0.25) is 0 Å². The minimum atomic E-state index is -0.662. The van der Waals surface area contributed by atoms with E-state index in [0.717, 1.165) is 15.2 Å². The molecule has 19 heavy (non-hydrogen) atoms. The molecule has 0 spiro atoms. The largest absolute Gasteiger partial charge is 0.468 e. The smallest absolute Gasteiger partial charge is 0.335 e. The third-order valence-electron chi connectivity index (χ3n) is 2.90. The fraction of sp³-hybridized carbons (Fsp3) is 0.308. The zero-order valence-electron chi connectivity index (χ0n) is 10.5. The van der Waals surface area contributed by atoms with Gasteiger partial charge in [-0.1, -0.05) is 12.1 Å². The molecule has 0 radical (unpaired) electrons. The van der Waals surface area contributed by atoms with Gasteiger partial charge in [-0.2, -0.15) is 0 Å². The van der Waals surface area contributed by atoms with E-state index in [2.05, 4.69) is 9.98 Å². The van der Waals surface area contributed by atoms with Gasteiger partial charge in [-0.25, -0.2) is 14.8 Å². The SMILES string of the molecule is COC(=O)C1N=C(C)OC1c1nc2ccccc2s1. The van der Waals surface area contributed by atoms with Crippen LogP contribution < -0.4 is 0 Å². The molecule has 2 aromatic rings. The van der Waals surface area contributed by atoms with E-state index >= 15 is 0 Å². The number of ether oxygens (including phenoxy) is 2. The normalized spacial score (nSPS) is 22.1. The van der Waals surface area contributed by atoms with Crippen LogP contribution in [0, 0.1) is 0 Å². The highest BCUT2D eigenvalue weighted by atomic mass is 32.1. The number of hydrogen-bond acceptors (Lipinski definition) is 6. The molecule has 0 saturated carbocycles. The number of fused-ring (bicyclic) bond motifs is 1. The summed E-state index contributed by atoms with van der Waals surface area (Å²) in [6, 6.07) is 7.16. The first-order valence-electron chi connectivity index (χ1n) is 5.83. The van der Waals surface area contributed by atoms with E-state index in [1.54, 1.807) is 6.92 Å². The lowest BCUT2D eigenvalue weighted by Crippen LogP contribution is -2.25. The maximum atomic E-state index is 11.7. The zero-order chi connectivity index (χ0) is 13.4. The summed E-state index contributed by atoms with van der Waals surface area (Å²) < 4.78 is 11.4. The number of aliphatic imine (C=N–C) groups is 1. The van der Waals surface area contributed by atoms with E-state index in [0.29, 0.717) is 5.90 Å². The molecule has 0 fully saturated rings. The molecule has 3 rings (SSSR count). The minimum absolute atomic E-state index is 0.402. The Labute approximate surface area is 113 Å². The topological polar surface area (TPSA) is 60.8 Å². The van der Waals surface area contributed by atoms with Gasteiger partial charge in [0.25, 0.3) is 0 Å². The average Bonchev–Trinajstić information content (AvgIpc) is 3.00. The van der Waals surface area contributed by atoms with Gasteiger partial charge >= 0.3 is 5.97 Å². The molecule has 0 bridgehead atoms. The number of aromatic nitrogens is 1. The second-order valence-corrected chi connectivity index (χ2v) is 5.24. The Morgan fingerprint density at radius 1 is 1.42 bits per heavy atom. The quantitative estimate of drug-likeness (QED) is 0.790. The second-order valence-electron chi connectivity index (χ2n) is 4.17. The first-order valence-corrected chi connectivity index (χ1v) is 6.65. The van der Waals surface area contributed by atoms with Crippen molar-refractivity contribution in [3.05, 3.63) is 29.3 Å². The highest BCUT2D eigenvalue weighted by Gasteiger charge is 2.39. The fourth-order valence-electron chi connectivity index (χ4n) is 2.04. The van der Waals surface area contributed by atoms with Crippen molar-refractivity contribution >= 4 is 33.4 Å². The maximum Gasteiger partial charge on any atom is 0.335 e. The number of hydrogen-bond donors (Lipinski definition) is 0. The van der Waals surface area contributed by atoms with Crippen molar-refractivity contribution < 1.29 is 14.3 Å². The predicted octanol–water partition coefficient (Wildman–Crippen LogP) is 2.33. The molecule has 0 amide bonds. The molecule has 0 saturated heterocycles. The number of rotatable bonds is 2. The van der Waals surface area contributed by atoms with Gasteiger partial charge in [0, 0.05) is 6.92 Å². The third-order valence-corrected chi connectivity index (χ3v) is 4.00. The number of carbonyl (C=O) groups excluding carboxylic acids is 1. The molecule has 98 valence electrons. The van der Waals surface area contributed by atoms with Crippen molar-refractivity contribution in [3.8, 4) is 0 Å². The number of para-hydroxylation sites is 1. The van der Waals surface area contributed by atoms with Crippen LogP contribution in [0.25, 0.3) is 10.2 Å². The summed E-state index contributed by atoms with van der Waals surface area (Å²) in [4.78, 5) is 20.4. The van der Waals surface area contributed by atoms with Crippen molar-refractivity contribution in [2.24, 2.45) is 4.99 Å². The van der Waals surface area contributed by atoms with Gasteiger partial charge in [-0.15, -0.1) is 11.3 Å². The Kier molecular flexibility index (Phi) is 2.94. The molecular formula is C13H12N2O3S. The number of esters is 1. The van der Waals surface area contributed by atoms with Crippen molar-refractivity contribution in [1.82, 2.24) is 4.98 Å². The van der Waals surface area contributed by atoms with Crippen LogP contribution in [0.3, 0.4) is 0 Å². The van der Waals surface area contributed by atoms with Crippen LogP contribution in [0.1, 0.15) is 18.0 Å². The lowest BCUT2D eigenvalue weighted by Gasteiger charge is -2.12. The van der Waals surface area contributed by atoms with Crippen LogP contribution in [-0.2, 0) is 14.3 Å². The fourth-order valence-corrected chi connectivity index (χ4v) is 3.06. The standard InChI is InChI=1S/C13H12N2O3S/c1-7-14-10(13(16)17-2)11(18-7)12-15-8-5-3-4-6-9(8)19-12/h3-6,10-11H,1-2H3.